The zero-order valence-electron chi connectivity index (χ0n) is 9.57. The van der Waals surface area contributed by atoms with Crippen LogP contribution < -0.4 is 0 Å². The largest absolute Gasteiger partial charge is 0.295 e. The van der Waals surface area contributed by atoms with E-state index in [4.69, 9.17) is 0 Å². The van der Waals surface area contributed by atoms with Gasteiger partial charge in [-0.05, 0) is 43.7 Å². The third-order valence-electron chi connectivity index (χ3n) is 2.33. The topological polar surface area (TPSA) is 12.4 Å². The summed E-state index contributed by atoms with van der Waals surface area (Å²) in [6.45, 7) is 13.3. The van der Waals surface area contributed by atoms with Gasteiger partial charge in [-0.1, -0.05) is 19.1 Å². The van der Waals surface area contributed by atoms with Gasteiger partial charge in [-0.2, -0.15) is 0 Å². The lowest BCUT2D eigenvalue weighted by Crippen LogP contribution is -1.98. The number of aliphatic imine (C=N–C) groups is 1. The highest BCUT2D eigenvalue weighted by Crippen LogP contribution is 2.12. The molecule has 0 aliphatic carbocycles. The summed E-state index contributed by atoms with van der Waals surface area (Å²) in [6, 6.07) is 0. The van der Waals surface area contributed by atoms with Crippen LogP contribution in [0.1, 0.15) is 34.1 Å². The summed E-state index contributed by atoms with van der Waals surface area (Å²) >= 11 is 0. The van der Waals surface area contributed by atoms with Crippen molar-refractivity contribution < 1.29 is 0 Å². The molecule has 13 heavy (non-hydrogen) atoms. The van der Waals surface area contributed by atoms with E-state index in [1.807, 2.05) is 0 Å². The molecule has 0 atom stereocenters. The van der Waals surface area contributed by atoms with E-state index in [1.165, 1.54) is 16.5 Å². The molecule has 0 bridgehead atoms. The monoisotopic (exact) mass is 195 g/mol. The second-order valence-electron chi connectivity index (χ2n) is 3.63. The quantitative estimate of drug-likeness (QED) is 0.370. The summed E-state index contributed by atoms with van der Waals surface area (Å²) in [7, 11) is 1.08. The molecule has 0 aromatic carbocycles. The number of rotatable bonds is 4. The zero-order chi connectivity index (χ0) is 10.4. The van der Waals surface area contributed by atoms with Crippen molar-refractivity contribution in [2.24, 2.45) is 4.99 Å². The van der Waals surface area contributed by atoms with Gasteiger partial charge < -0.3 is 0 Å². The number of hydrogen-bond donors (Lipinski definition) is 0. The van der Waals surface area contributed by atoms with Crippen LogP contribution in [0.15, 0.2) is 28.3 Å². The maximum absolute atomic E-state index is 4.49. The Morgan fingerprint density at radius 3 is 2.23 bits per heavy atom. The molecule has 0 aliphatic rings. The predicted octanol–water partition coefficient (Wildman–Crippen LogP) is 2.07. The van der Waals surface area contributed by atoms with Crippen LogP contribution >= 0.6 is 0 Å². The third-order valence-corrected chi connectivity index (χ3v) is 3.36. The highest BCUT2D eigenvalue weighted by Gasteiger charge is 1.97. The maximum atomic E-state index is 4.49. The summed E-state index contributed by atoms with van der Waals surface area (Å²) in [6.07, 6.45) is 1.09. The van der Waals surface area contributed by atoms with Gasteiger partial charge in [0.05, 0.1) is 16.8 Å². The molecule has 0 aromatic heterocycles. The van der Waals surface area contributed by atoms with E-state index in [9.17, 15) is 0 Å². The van der Waals surface area contributed by atoms with Crippen molar-refractivity contribution in [1.82, 2.24) is 0 Å². The van der Waals surface area contributed by atoms with Crippen molar-refractivity contribution >= 4 is 15.6 Å². The average molecular weight is 195 g/mol. The summed E-state index contributed by atoms with van der Waals surface area (Å²) in [5, 5.41) is 1.34. The number of hydrogen-bond acceptors (Lipinski definition) is 1. The van der Waals surface area contributed by atoms with Gasteiger partial charge in [-0.3, -0.25) is 4.99 Å². The van der Waals surface area contributed by atoms with E-state index in [1.54, 1.807) is 0 Å². The van der Waals surface area contributed by atoms with Gasteiger partial charge in [-0.15, -0.1) is 0 Å². The van der Waals surface area contributed by atoms with Crippen LogP contribution in [0.2, 0.25) is 0 Å². The second kappa shape index (κ2) is 5.92. The van der Waals surface area contributed by atoms with Crippen molar-refractivity contribution in [3.05, 3.63) is 23.3 Å². The fraction of sp³-hybridized carbons (Fsp3) is 0.545. The molecule has 0 saturated carbocycles. The Balaban J connectivity index is 4.27. The van der Waals surface area contributed by atoms with Crippen molar-refractivity contribution in [2.45, 2.75) is 34.1 Å². The first-order valence-electron chi connectivity index (χ1n) is 4.81. The lowest BCUT2D eigenvalue weighted by atomic mass is 10.1. The van der Waals surface area contributed by atoms with Crippen LogP contribution in [0.25, 0.3) is 0 Å². The van der Waals surface area contributed by atoms with Crippen LogP contribution in [-0.2, 0) is 0 Å². The highest BCUT2D eigenvalue weighted by atomic mass is 28.1. The molecule has 1 nitrogen and oxygen atoms in total. The van der Waals surface area contributed by atoms with Crippen LogP contribution in [-0.4, -0.2) is 22.1 Å². The van der Waals surface area contributed by atoms with E-state index in [2.05, 4.69) is 39.3 Å². The van der Waals surface area contributed by atoms with Crippen LogP contribution in [0.5, 0.6) is 0 Å². The normalized spacial score (nSPS) is 11.5. The molecule has 0 heterocycles. The molecule has 0 unspecified atom stereocenters. The van der Waals surface area contributed by atoms with Gasteiger partial charge in [0.15, 0.2) is 0 Å². The average Bonchev–Trinajstić information content (AvgIpc) is 2.11. The smallest absolute Gasteiger partial charge is 0.0630 e. The molecule has 0 aliphatic heterocycles. The first-order chi connectivity index (χ1) is 5.99. The van der Waals surface area contributed by atoms with E-state index in [0.29, 0.717) is 0 Å². The Bertz CT molecular complexity index is 245. The van der Waals surface area contributed by atoms with Crippen molar-refractivity contribution in [3.63, 3.8) is 0 Å². The Morgan fingerprint density at radius 1 is 1.31 bits per heavy atom. The van der Waals surface area contributed by atoms with E-state index >= 15 is 0 Å². The molecule has 0 N–H and O–H groups in total. The molecule has 0 radical (unpaired) electrons. The summed E-state index contributed by atoms with van der Waals surface area (Å²) < 4.78 is 0. The molecule has 2 heteroatoms. The second-order valence-corrected chi connectivity index (χ2v) is 4.79. The first-order valence-corrected chi connectivity index (χ1v) is 5.81. The molecule has 0 aromatic rings. The molecule has 0 fully saturated rings. The third kappa shape index (κ3) is 4.83. The zero-order valence-corrected chi connectivity index (χ0v) is 11.6. The maximum Gasteiger partial charge on any atom is 0.0630 e. The SMILES string of the molecule is C=C(CN=C([SiH3])CC)C(C)=C(C)C. The minimum Gasteiger partial charge on any atom is -0.295 e. The minimum absolute atomic E-state index is 0.781. The molecule has 0 saturated heterocycles. The lowest BCUT2D eigenvalue weighted by Gasteiger charge is -2.05. The Morgan fingerprint density at radius 2 is 1.85 bits per heavy atom. The Hall–Kier alpha value is -0.633. The van der Waals surface area contributed by atoms with Gasteiger partial charge in [-0.25, -0.2) is 0 Å². The first kappa shape index (κ1) is 12.4. The molecule has 74 valence electrons. The Labute approximate surface area is 85.1 Å². The molecular formula is C11H21NSi. The van der Waals surface area contributed by atoms with Crippen molar-refractivity contribution in [3.8, 4) is 0 Å². The van der Waals surface area contributed by atoms with Gasteiger partial charge in [0, 0.05) is 0 Å². The molecule has 0 rings (SSSR count). The van der Waals surface area contributed by atoms with Crippen LogP contribution in [0.4, 0.5) is 0 Å². The standard InChI is InChI=1S/C11H21NSi/c1-6-11(13)12-7-9(4)10(5)8(2)3/h4,6-7H2,1-3,5,13H3. The van der Waals surface area contributed by atoms with Gasteiger partial charge >= 0.3 is 0 Å². The van der Waals surface area contributed by atoms with E-state index in [-0.39, 0.29) is 0 Å². The fourth-order valence-electron chi connectivity index (χ4n) is 0.814. The van der Waals surface area contributed by atoms with Gasteiger partial charge in [0.1, 0.15) is 0 Å². The predicted molar refractivity (Wildman–Crippen MR) is 65.7 cm³/mol. The highest BCUT2D eigenvalue weighted by molar-refractivity contribution is 6.59. The molecule has 0 amide bonds. The van der Waals surface area contributed by atoms with Crippen molar-refractivity contribution in [1.29, 1.82) is 0 Å². The number of nitrogens with zero attached hydrogens (tertiary/aromatic N) is 1. The summed E-state index contributed by atoms with van der Waals surface area (Å²) in [4.78, 5) is 4.49. The Kier molecular flexibility index (Phi) is 5.63. The van der Waals surface area contributed by atoms with Crippen molar-refractivity contribution in [2.75, 3.05) is 6.54 Å². The number of allylic oxidation sites excluding steroid dienone is 1. The minimum atomic E-state index is 0.781. The van der Waals surface area contributed by atoms with Crippen LogP contribution in [0.3, 0.4) is 0 Å². The van der Waals surface area contributed by atoms with Crippen LogP contribution in [0, 0.1) is 0 Å². The lowest BCUT2D eigenvalue weighted by molar-refractivity contribution is 1.11. The van der Waals surface area contributed by atoms with E-state index in [0.717, 1.165) is 28.8 Å². The van der Waals surface area contributed by atoms with Gasteiger partial charge in [0.2, 0.25) is 0 Å². The summed E-state index contributed by atoms with van der Waals surface area (Å²) in [5.41, 5.74) is 3.79. The molecule has 0 spiro atoms. The summed E-state index contributed by atoms with van der Waals surface area (Å²) in [5.74, 6) is 0. The van der Waals surface area contributed by atoms with E-state index < -0.39 is 0 Å². The van der Waals surface area contributed by atoms with Gasteiger partial charge in [0.25, 0.3) is 0 Å². The fourth-order valence-corrected chi connectivity index (χ4v) is 0.972. The molecular weight excluding hydrogens is 174 g/mol.